The van der Waals surface area contributed by atoms with Crippen molar-refractivity contribution in [2.45, 2.75) is 32.2 Å². The van der Waals surface area contributed by atoms with Crippen LogP contribution in [0.5, 0.6) is 0 Å². The Hall–Kier alpha value is -1.60. The quantitative estimate of drug-likeness (QED) is 0.562. The molecule has 1 rings (SSSR count). The first-order valence-electron chi connectivity index (χ1n) is 6.77. The molecule has 0 aliphatic rings. The largest absolute Gasteiger partial charge is 0.383 e. The number of non-ortho nitro benzene ring substituents is 1. The van der Waals surface area contributed by atoms with Crippen molar-refractivity contribution in [3.63, 3.8) is 0 Å². The SMILES string of the molecule is CCCNC(COC)Cc1ccc([N+](=O)[O-])cc1C(F)F. The van der Waals surface area contributed by atoms with Crippen LogP contribution in [0.25, 0.3) is 0 Å². The first-order chi connectivity index (χ1) is 9.99. The number of ether oxygens (including phenoxy) is 1. The number of benzene rings is 1. The summed E-state index contributed by atoms with van der Waals surface area (Å²) in [4.78, 5) is 10.0. The summed E-state index contributed by atoms with van der Waals surface area (Å²) in [5, 5.41) is 13.9. The van der Waals surface area contributed by atoms with Gasteiger partial charge in [0.2, 0.25) is 0 Å². The lowest BCUT2D eigenvalue weighted by atomic mass is 9.99. The molecule has 5 nitrogen and oxygen atoms in total. The lowest BCUT2D eigenvalue weighted by molar-refractivity contribution is -0.385. The van der Waals surface area contributed by atoms with Gasteiger partial charge < -0.3 is 10.1 Å². The first-order valence-corrected chi connectivity index (χ1v) is 6.77. The number of alkyl halides is 2. The summed E-state index contributed by atoms with van der Waals surface area (Å²) >= 11 is 0. The van der Waals surface area contributed by atoms with Gasteiger partial charge in [-0.1, -0.05) is 13.0 Å². The predicted octanol–water partition coefficient (Wildman–Crippen LogP) is 3.09. The number of hydrogen-bond donors (Lipinski definition) is 1. The van der Waals surface area contributed by atoms with E-state index in [0.29, 0.717) is 18.6 Å². The number of nitro groups is 1. The molecule has 0 radical (unpaired) electrons. The monoisotopic (exact) mass is 302 g/mol. The molecule has 7 heteroatoms. The molecule has 21 heavy (non-hydrogen) atoms. The highest BCUT2D eigenvalue weighted by Gasteiger charge is 2.20. The van der Waals surface area contributed by atoms with E-state index in [9.17, 15) is 18.9 Å². The Morgan fingerprint density at radius 3 is 2.67 bits per heavy atom. The minimum absolute atomic E-state index is 0.103. The molecule has 0 saturated heterocycles. The van der Waals surface area contributed by atoms with Crippen LogP contribution in [0.3, 0.4) is 0 Å². The average molecular weight is 302 g/mol. The number of nitro benzene ring substituents is 1. The number of rotatable bonds is 9. The summed E-state index contributed by atoms with van der Waals surface area (Å²) in [5.74, 6) is 0. The normalized spacial score (nSPS) is 12.6. The predicted molar refractivity (Wildman–Crippen MR) is 75.7 cm³/mol. The van der Waals surface area contributed by atoms with Crippen molar-refractivity contribution in [2.24, 2.45) is 0 Å². The molecule has 0 bridgehead atoms. The van der Waals surface area contributed by atoms with E-state index >= 15 is 0 Å². The van der Waals surface area contributed by atoms with E-state index in [1.54, 1.807) is 7.11 Å². The zero-order valence-corrected chi connectivity index (χ0v) is 12.1. The van der Waals surface area contributed by atoms with Gasteiger partial charge in [-0.25, -0.2) is 8.78 Å². The molecule has 1 aromatic carbocycles. The molecular weight excluding hydrogens is 282 g/mol. The van der Waals surface area contributed by atoms with Crippen LogP contribution in [0.15, 0.2) is 18.2 Å². The minimum Gasteiger partial charge on any atom is -0.383 e. The van der Waals surface area contributed by atoms with Crippen LogP contribution in [0, 0.1) is 10.1 Å². The molecule has 0 heterocycles. The fraction of sp³-hybridized carbons (Fsp3) is 0.571. The van der Waals surface area contributed by atoms with Crippen molar-refractivity contribution in [1.29, 1.82) is 0 Å². The maximum absolute atomic E-state index is 13.1. The smallest absolute Gasteiger partial charge is 0.269 e. The van der Waals surface area contributed by atoms with E-state index in [1.165, 1.54) is 12.1 Å². The zero-order chi connectivity index (χ0) is 15.8. The maximum atomic E-state index is 13.1. The van der Waals surface area contributed by atoms with Crippen molar-refractivity contribution >= 4 is 5.69 Å². The highest BCUT2D eigenvalue weighted by atomic mass is 19.3. The first kappa shape index (κ1) is 17.5. The number of halogens is 2. The maximum Gasteiger partial charge on any atom is 0.269 e. The number of methoxy groups -OCH3 is 1. The molecule has 0 spiro atoms. The van der Waals surface area contributed by atoms with Gasteiger partial charge in [-0.15, -0.1) is 0 Å². The summed E-state index contributed by atoms with van der Waals surface area (Å²) in [6.45, 7) is 3.15. The molecule has 118 valence electrons. The van der Waals surface area contributed by atoms with Crippen molar-refractivity contribution in [1.82, 2.24) is 5.32 Å². The van der Waals surface area contributed by atoms with Gasteiger partial charge in [0, 0.05) is 30.8 Å². The number of nitrogens with one attached hydrogen (secondary N) is 1. The Kier molecular flexibility index (Phi) is 7.18. The third kappa shape index (κ3) is 5.35. The van der Waals surface area contributed by atoms with Crippen molar-refractivity contribution in [3.8, 4) is 0 Å². The van der Waals surface area contributed by atoms with Gasteiger partial charge in [0.05, 0.1) is 11.5 Å². The summed E-state index contributed by atoms with van der Waals surface area (Å²) < 4.78 is 31.2. The lowest BCUT2D eigenvalue weighted by Crippen LogP contribution is -2.36. The molecule has 1 atom stereocenters. The second-order valence-corrected chi connectivity index (χ2v) is 4.75. The number of nitrogens with zero attached hydrogens (tertiary/aromatic N) is 1. The van der Waals surface area contributed by atoms with Gasteiger partial charge in [0.1, 0.15) is 0 Å². The van der Waals surface area contributed by atoms with Gasteiger partial charge in [-0.3, -0.25) is 10.1 Å². The summed E-state index contributed by atoms with van der Waals surface area (Å²) in [5.41, 5.74) is -0.205. The van der Waals surface area contributed by atoms with E-state index in [1.807, 2.05) is 6.92 Å². The molecule has 0 saturated carbocycles. The minimum atomic E-state index is -2.74. The van der Waals surface area contributed by atoms with Crippen LogP contribution >= 0.6 is 0 Å². The Labute approximate surface area is 122 Å². The third-order valence-electron chi connectivity index (χ3n) is 3.09. The van der Waals surface area contributed by atoms with Gasteiger partial charge in [-0.05, 0) is 24.9 Å². The Balaban J connectivity index is 2.96. The second-order valence-electron chi connectivity index (χ2n) is 4.75. The van der Waals surface area contributed by atoms with E-state index in [-0.39, 0.29) is 17.3 Å². The summed E-state index contributed by atoms with van der Waals surface area (Å²) in [7, 11) is 1.55. The van der Waals surface area contributed by atoms with Gasteiger partial charge in [0.15, 0.2) is 0 Å². The fourth-order valence-corrected chi connectivity index (χ4v) is 2.09. The molecule has 0 fully saturated rings. The molecular formula is C14H20F2N2O3. The molecule has 1 N–H and O–H groups in total. The van der Waals surface area contributed by atoms with Crippen LogP contribution in [-0.4, -0.2) is 31.2 Å². The molecule has 1 aromatic rings. The highest BCUT2D eigenvalue weighted by molar-refractivity contribution is 5.41. The summed E-state index contributed by atoms with van der Waals surface area (Å²) in [6, 6.07) is 3.50. The van der Waals surface area contributed by atoms with Gasteiger partial charge >= 0.3 is 0 Å². The molecule has 0 amide bonds. The Bertz CT molecular complexity index is 470. The third-order valence-corrected chi connectivity index (χ3v) is 3.09. The van der Waals surface area contributed by atoms with E-state index in [4.69, 9.17) is 4.74 Å². The van der Waals surface area contributed by atoms with E-state index in [0.717, 1.165) is 19.0 Å². The molecule has 1 unspecified atom stereocenters. The Morgan fingerprint density at radius 1 is 1.43 bits per heavy atom. The van der Waals surface area contributed by atoms with Crippen LogP contribution in [0.4, 0.5) is 14.5 Å². The topological polar surface area (TPSA) is 64.4 Å². The second kappa shape index (κ2) is 8.63. The van der Waals surface area contributed by atoms with Crippen LogP contribution in [-0.2, 0) is 11.2 Å². The zero-order valence-electron chi connectivity index (χ0n) is 12.1. The highest BCUT2D eigenvalue weighted by Crippen LogP contribution is 2.28. The summed E-state index contributed by atoms with van der Waals surface area (Å²) in [6.07, 6.45) is -1.48. The van der Waals surface area contributed by atoms with Gasteiger partial charge in [-0.2, -0.15) is 0 Å². The van der Waals surface area contributed by atoms with E-state index < -0.39 is 11.3 Å². The molecule has 0 aliphatic carbocycles. The van der Waals surface area contributed by atoms with Crippen molar-refractivity contribution in [2.75, 3.05) is 20.3 Å². The molecule has 0 aromatic heterocycles. The van der Waals surface area contributed by atoms with Crippen LogP contribution < -0.4 is 5.32 Å². The standard InChI is InChI=1S/C14H20F2N2O3/c1-3-6-17-11(9-21-2)7-10-4-5-12(18(19)20)8-13(10)14(15)16/h4-5,8,11,14,17H,3,6-7,9H2,1-2H3. The fourth-order valence-electron chi connectivity index (χ4n) is 2.09. The van der Waals surface area contributed by atoms with Gasteiger partial charge in [0.25, 0.3) is 12.1 Å². The Morgan fingerprint density at radius 2 is 2.14 bits per heavy atom. The van der Waals surface area contributed by atoms with Crippen LogP contribution in [0.2, 0.25) is 0 Å². The number of hydrogen-bond acceptors (Lipinski definition) is 4. The molecule has 0 aliphatic heterocycles. The lowest BCUT2D eigenvalue weighted by Gasteiger charge is -2.19. The van der Waals surface area contributed by atoms with Crippen molar-refractivity contribution in [3.05, 3.63) is 39.4 Å². The van der Waals surface area contributed by atoms with E-state index in [2.05, 4.69) is 5.32 Å². The van der Waals surface area contributed by atoms with Crippen LogP contribution in [0.1, 0.15) is 30.9 Å². The average Bonchev–Trinajstić information content (AvgIpc) is 2.44. The van der Waals surface area contributed by atoms with Crippen molar-refractivity contribution < 1.29 is 18.4 Å².